The molecule has 0 aromatic rings. The number of fused-ring (bicyclic) bond motifs is 13. The second-order valence-electron chi connectivity index (χ2n) is 51.2. The van der Waals surface area contributed by atoms with Crippen molar-refractivity contribution in [2.24, 2.45) is 126 Å². The molecule has 0 aromatic heterocycles. The molecule has 0 saturated heterocycles. The third-order valence-electron chi connectivity index (χ3n) is 32.4. The molecule has 18 aliphatic rings. The van der Waals surface area contributed by atoms with E-state index >= 15 is 0 Å². The van der Waals surface area contributed by atoms with Gasteiger partial charge in [-0.2, -0.15) is 0 Å². The highest BCUT2D eigenvalue weighted by molar-refractivity contribution is 4.90. The fourth-order valence-corrected chi connectivity index (χ4v) is 19.8. The Balaban J connectivity index is -0.000000229. The second kappa shape index (κ2) is 71.7. The SMILES string of the molecule is C.C.C.C.C.C.C.C1CC2CC(C1)C2.C1CC2CCC(C1)C2.C1CC2CCC(C1)C2.C1CC2CCC1C2.C1CC2CCC1CC2.C1CC2CCCC(C1)C2.C1CCC2(CC1)CCCC2.C1CCC2(CC1)CCCC2.CCC(C)(C)C.CCC(C)(C)C.CCC(C)(C)C.CCC(C)(C)C.CCC(C)(C)C.CCC(C)(C)C.CCC(C)(C)C.CCC(C)C. The summed E-state index contributed by atoms with van der Waals surface area (Å²) in [6.45, 7) is 69.2. The average molecular weight is 1710 g/mol. The van der Waals surface area contributed by atoms with Gasteiger partial charge in [-0.25, -0.2) is 0 Å². The van der Waals surface area contributed by atoms with Crippen molar-refractivity contribution in [2.45, 2.75) is 658 Å². The van der Waals surface area contributed by atoms with E-state index in [1.165, 1.54) is 171 Å². The smallest absolute Gasteiger partial charge is 0.0297 e. The van der Waals surface area contributed by atoms with Crippen LogP contribution in [0.1, 0.15) is 658 Å². The minimum absolute atomic E-state index is 0. The first-order valence-electron chi connectivity index (χ1n) is 53.2. The summed E-state index contributed by atoms with van der Waals surface area (Å²) in [6.07, 6.45) is 92.5. The Labute approximate surface area is 779 Å². The van der Waals surface area contributed by atoms with Crippen molar-refractivity contribution in [1.82, 2.24) is 0 Å². The molecule has 4 atom stereocenters. The van der Waals surface area contributed by atoms with E-state index in [0.717, 1.165) is 64.1 Å². The molecule has 4 unspecified atom stereocenters. The third kappa shape index (κ3) is 74.3. The molecule has 0 heterocycles. The van der Waals surface area contributed by atoms with E-state index in [2.05, 4.69) is 215 Å². The molecule has 0 nitrogen and oxygen atoms in total. The van der Waals surface area contributed by atoms with Crippen molar-refractivity contribution in [3.63, 3.8) is 0 Å². The van der Waals surface area contributed by atoms with Crippen LogP contribution in [0.25, 0.3) is 0 Å². The monoisotopic (exact) mass is 1710 g/mol. The maximum absolute atomic E-state index is 2.24. The largest absolute Gasteiger partial charge is 0.0776 e. The van der Waals surface area contributed by atoms with Crippen molar-refractivity contribution >= 4 is 0 Å². The Morgan fingerprint density at radius 2 is 0.281 bits per heavy atom. The molecular formula is C121H256. The molecule has 0 aliphatic heterocycles. The lowest BCUT2D eigenvalue weighted by Gasteiger charge is -2.40. The van der Waals surface area contributed by atoms with Gasteiger partial charge in [-0.15, -0.1) is 0 Å². The summed E-state index contributed by atoms with van der Waals surface area (Å²) >= 11 is 0. The Morgan fingerprint density at radius 1 is 0.174 bits per heavy atom. The van der Waals surface area contributed by atoms with Gasteiger partial charge in [0.2, 0.25) is 0 Å². The van der Waals surface area contributed by atoms with Crippen LogP contribution in [0.5, 0.6) is 0 Å². The summed E-state index contributed by atoms with van der Waals surface area (Å²) in [5, 5.41) is 0. The van der Waals surface area contributed by atoms with Crippen LogP contribution in [0.4, 0.5) is 0 Å². The van der Waals surface area contributed by atoms with Gasteiger partial charge < -0.3 is 0 Å². The maximum Gasteiger partial charge on any atom is -0.0297 e. The normalized spacial score (nSPS) is 27.4. The molecule has 0 amide bonds. The molecule has 12 bridgehead atoms. The summed E-state index contributed by atoms with van der Waals surface area (Å²) < 4.78 is 0. The highest BCUT2D eigenvalue weighted by Crippen LogP contribution is 2.51. The zero-order valence-electron chi connectivity index (χ0n) is 86.1. The summed E-state index contributed by atoms with van der Waals surface area (Å²) in [6, 6.07) is 0. The zero-order valence-corrected chi connectivity index (χ0v) is 86.1. The van der Waals surface area contributed by atoms with Crippen molar-refractivity contribution in [3.05, 3.63) is 0 Å². The quantitative estimate of drug-likeness (QED) is 0.245. The fraction of sp³-hybridized carbons (Fsp3) is 1.00. The first-order valence-corrected chi connectivity index (χ1v) is 53.2. The molecule has 2 spiro atoms. The van der Waals surface area contributed by atoms with Gasteiger partial charge in [0, 0.05) is 0 Å². The van der Waals surface area contributed by atoms with Gasteiger partial charge in [0.25, 0.3) is 0 Å². The molecule has 121 heavy (non-hydrogen) atoms. The zero-order chi connectivity index (χ0) is 86.1. The highest BCUT2D eigenvalue weighted by Gasteiger charge is 2.37. The van der Waals surface area contributed by atoms with Crippen molar-refractivity contribution < 1.29 is 0 Å². The Hall–Kier alpha value is 0. The topological polar surface area (TPSA) is 0 Å². The molecule has 0 aromatic carbocycles. The highest BCUT2D eigenvalue weighted by atomic mass is 14.4. The lowest BCUT2D eigenvalue weighted by molar-refractivity contribution is 0.116. The molecule has 0 N–H and O–H groups in total. The van der Waals surface area contributed by atoms with Gasteiger partial charge in [0.05, 0.1) is 0 Å². The summed E-state index contributed by atoms with van der Waals surface area (Å²) in [5.74, 6) is 14.8. The van der Waals surface area contributed by atoms with Gasteiger partial charge in [-0.05, 0) is 216 Å². The van der Waals surface area contributed by atoms with Crippen molar-refractivity contribution in [2.75, 3.05) is 0 Å². The lowest BCUT2D eigenvalue weighted by Crippen LogP contribution is -2.28. The van der Waals surface area contributed by atoms with Crippen molar-refractivity contribution in [3.8, 4) is 0 Å². The minimum atomic E-state index is 0. The average Bonchev–Trinajstić information content (AvgIpc) is 1.83. The molecule has 740 valence electrons. The van der Waals surface area contributed by atoms with E-state index in [1.807, 2.05) is 0 Å². The maximum atomic E-state index is 2.24. The predicted octanol–water partition coefficient (Wildman–Crippen LogP) is 45.8. The van der Waals surface area contributed by atoms with Crippen LogP contribution in [0.2, 0.25) is 0 Å². The predicted molar refractivity (Wildman–Crippen MR) is 572 cm³/mol. The Bertz CT molecular complexity index is 1810. The van der Waals surface area contributed by atoms with Crippen LogP contribution >= 0.6 is 0 Å². The second-order valence-corrected chi connectivity index (χ2v) is 51.2. The Morgan fingerprint density at radius 3 is 0.380 bits per heavy atom. The van der Waals surface area contributed by atoms with E-state index in [0.29, 0.717) is 37.9 Å². The Kier molecular flexibility index (Phi) is 79.4. The first kappa shape index (κ1) is 134. The summed E-state index contributed by atoms with van der Waals surface area (Å²) in [4.78, 5) is 0. The van der Waals surface area contributed by atoms with Crippen LogP contribution in [0.3, 0.4) is 0 Å². The van der Waals surface area contributed by atoms with Crippen molar-refractivity contribution in [1.29, 1.82) is 0 Å². The van der Waals surface area contributed by atoms with Gasteiger partial charge in [-0.3, -0.25) is 0 Å². The molecule has 18 rings (SSSR count). The minimum Gasteiger partial charge on any atom is -0.0776 e. The van der Waals surface area contributed by atoms with Gasteiger partial charge in [0.15, 0.2) is 0 Å². The number of hydrogen-bond acceptors (Lipinski definition) is 0. The molecule has 18 aliphatic carbocycles. The van der Waals surface area contributed by atoms with Gasteiger partial charge in [-0.1, -0.05) is 568 Å². The summed E-state index contributed by atoms with van der Waals surface area (Å²) in [5.41, 5.74) is 5.54. The number of hydrogen-bond donors (Lipinski definition) is 0. The lowest BCUT2D eigenvalue weighted by atomic mass is 9.65. The van der Waals surface area contributed by atoms with E-state index in [9.17, 15) is 0 Å². The molecule has 18 fully saturated rings. The van der Waals surface area contributed by atoms with Crippen LogP contribution in [-0.4, -0.2) is 0 Å². The van der Waals surface area contributed by atoms with E-state index < -0.39 is 0 Å². The van der Waals surface area contributed by atoms with E-state index in [4.69, 9.17) is 0 Å². The molecule has 0 radical (unpaired) electrons. The van der Waals surface area contributed by atoms with E-state index in [-0.39, 0.29) is 52.0 Å². The first-order chi connectivity index (χ1) is 53.2. The van der Waals surface area contributed by atoms with Gasteiger partial charge >= 0.3 is 0 Å². The van der Waals surface area contributed by atoms with Crippen LogP contribution in [0, 0.1) is 126 Å². The van der Waals surface area contributed by atoms with Crippen LogP contribution in [0.15, 0.2) is 0 Å². The standard InChI is InChI=1S/2C10H18.C9H16.3C8H14.2C7H12.7C6H14.C5H12.7CH4/c2*1-2-6-10(7-3-1)8-4-5-9-10;1-3-8-5-2-6-9(4-1)7-8;1-2-8-5-3-7(1)4-6-8;2*1-2-7-4-5-8(3-1)6-7;1-2-7-4-3-6(1)5-7;1-2-6-4-7(3-1)5-6;7*1-5-6(2,3)4;1-4-5(2)3;;;;;;;/h2*1-9H2;8-9H,1-7H2;3*7-8H,1-6H2;2*6-7H,1-5H2;7*5H2,1-4H3;5H,4H2,1-3H3;7*1H4. The molecular weight excluding hydrogens is 1450 g/mol. The molecule has 0 heteroatoms. The number of rotatable bonds is 1. The summed E-state index contributed by atoms with van der Waals surface area (Å²) in [7, 11) is 0. The fourth-order valence-electron chi connectivity index (χ4n) is 19.8. The van der Waals surface area contributed by atoms with Gasteiger partial charge in [0.1, 0.15) is 0 Å². The molecule has 18 saturated carbocycles. The third-order valence-corrected chi connectivity index (χ3v) is 32.4. The van der Waals surface area contributed by atoms with Crippen LogP contribution < -0.4 is 0 Å². The van der Waals surface area contributed by atoms with E-state index in [1.54, 1.807) is 244 Å². The van der Waals surface area contributed by atoms with Crippen LogP contribution in [-0.2, 0) is 0 Å².